The zero-order chi connectivity index (χ0) is 22.7. The summed E-state index contributed by atoms with van der Waals surface area (Å²) in [5, 5.41) is 2.90. The zero-order valence-corrected chi connectivity index (χ0v) is 19.0. The molecule has 3 aromatic rings. The highest BCUT2D eigenvalue weighted by Gasteiger charge is 2.26. The van der Waals surface area contributed by atoms with E-state index in [1.54, 1.807) is 6.07 Å². The van der Waals surface area contributed by atoms with Crippen LogP contribution in [-0.4, -0.2) is 40.9 Å². The third-order valence-corrected chi connectivity index (χ3v) is 5.66. The molecular weight excluding hydrogens is 407 g/mol. The molecule has 1 N–H and O–H groups in total. The number of nitrogens with zero attached hydrogens (tertiary/aromatic N) is 3. The first kappa shape index (κ1) is 22.1. The molecular formula is C25H31FN4O2. The van der Waals surface area contributed by atoms with Crippen molar-refractivity contribution in [2.45, 2.75) is 45.8 Å². The number of anilines is 1. The molecule has 0 radical (unpaired) electrons. The maximum Gasteiger partial charge on any atom is 0.407 e. The molecule has 1 aromatic heterocycles. The van der Waals surface area contributed by atoms with Crippen LogP contribution in [0.25, 0.3) is 11.0 Å². The summed E-state index contributed by atoms with van der Waals surface area (Å²) in [4.78, 5) is 19.2. The summed E-state index contributed by atoms with van der Waals surface area (Å²) in [5.74, 6) is 0.920. The average molecular weight is 439 g/mol. The number of fused-ring (bicyclic) bond motifs is 1. The van der Waals surface area contributed by atoms with Gasteiger partial charge in [0.15, 0.2) is 0 Å². The second kappa shape index (κ2) is 9.18. The lowest BCUT2D eigenvalue weighted by Crippen LogP contribution is -2.43. The lowest BCUT2D eigenvalue weighted by Gasteiger charge is -2.34. The van der Waals surface area contributed by atoms with Crippen LogP contribution in [-0.2, 0) is 11.3 Å². The van der Waals surface area contributed by atoms with Gasteiger partial charge < -0.3 is 19.5 Å². The summed E-state index contributed by atoms with van der Waals surface area (Å²) in [6, 6.07) is 14.8. The monoisotopic (exact) mass is 438 g/mol. The molecule has 1 aliphatic rings. The number of alkyl carbamates (subject to hydrolysis) is 1. The normalized spacial score (nSPS) is 16.9. The molecule has 2 aromatic carbocycles. The number of halogens is 1. The number of rotatable bonds is 5. The number of aromatic nitrogens is 2. The van der Waals surface area contributed by atoms with Crippen LogP contribution in [0.2, 0.25) is 0 Å². The van der Waals surface area contributed by atoms with Gasteiger partial charge in [0.1, 0.15) is 11.4 Å². The Morgan fingerprint density at radius 3 is 2.72 bits per heavy atom. The molecule has 170 valence electrons. The van der Waals surface area contributed by atoms with Crippen LogP contribution in [0.1, 0.15) is 39.2 Å². The molecule has 1 atom stereocenters. The van der Waals surface area contributed by atoms with Crippen molar-refractivity contribution < 1.29 is 13.9 Å². The summed E-state index contributed by atoms with van der Waals surface area (Å²) in [5.41, 5.74) is 2.00. The van der Waals surface area contributed by atoms with Gasteiger partial charge in [0.25, 0.3) is 0 Å². The van der Waals surface area contributed by atoms with Gasteiger partial charge in [-0.05, 0) is 57.7 Å². The number of carbonyl (C=O) groups excluding carboxylic acids is 1. The number of ether oxygens (including phenoxy) is 1. The fourth-order valence-electron chi connectivity index (χ4n) is 4.21. The molecule has 6 nitrogen and oxygen atoms in total. The van der Waals surface area contributed by atoms with Crippen molar-refractivity contribution in [3.05, 3.63) is 59.9 Å². The van der Waals surface area contributed by atoms with Gasteiger partial charge in [0.05, 0.1) is 17.6 Å². The fourth-order valence-corrected chi connectivity index (χ4v) is 4.21. The minimum absolute atomic E-state index is 0.214. The first-order valence-electron chi connectivity index (χ1n) is 11.2. The molecule has 32 heavy (non-hydrogen) atoms. The molecule has 7 heteroatoms. The van der Waals surface area contributed by atoms with E-state index < -0.39 is 5.60 Å². The largest absolute Gasteiger partial charge is 0.444 e. The Morgan fingerprint density at radius 2 is 1.94 bits per heavy atom. The van der Waals surface area contributed by atoms with E-state index in [4.69, 9.17) is 9.72 Å². The summed E-state index contributed by atoms with van der Waals surface area (Å²) >= 11 is 0. The number of hydrogen-bond donors (Lipinski definition) is 1. The number of piperidine rings is 1. The van der Waals surface area contributed by atoms with Crippen LogP contribution in [0, 0.1) is 11.7 Å². The Morgan fingerprint density at radius 1 is 1.19 bits per heavy atom. The van der Waals surface area contributed by atoms with Crippen molar-refractivity contribution in [3.63, 3.8) is 0 Å². The van der Waals surface area contributed by atoms with Crippen LogP contribution in [0.5, 0.6) is 0 Å². The molecule has 0 saturated carbocycles. The van der Waals surface area contributed by atoms with Crippen molar-refractivity contribution in [3.8, 4) is 0 Å². The Labute approximate surface area is 188 Å². The van der Waals surface area contributed by atoms with E-state index in [0.717, 1.165) is 42.9 Å². The van der Waals surface area contributed by atoms with Crippen molar-refractivity contribution in [1.29, 1.82) is 0 Å². The molecule has 0 spiro atoms. The molecule has 1 unspecified atom stereocenters. The van der Waals surface area contributed by atoms with E-state index in [9.17, 15) is 9.18 Å². The summed E-state index contributed by atoms with van der Waals surface area (Å²) < 4.78 is 21.9. The minimum atomic E-state index is -0.514. The third-order valence-electron chi connectivity index (χ3n) is 5.66. The van der Waals surface area contributed by atoms with Gasteiger partial charge in [0, 0.05) is 25.2 Å². The highest BCUT2D eigenvalue weighted by molar-refractivity contribution is 5.79. The predicted molar refractivity (Wildman–Crippen MR) is 124 cm³/mol. The number of para-hydroxylation sites is 2. The standard InChI is InChI=1S/C25H31FN4O2/c1-25(2,3)32-24(31)27-15-18-9-8-14-29(16-18)23-28-21-12-6-7-13-22(21)30(23)17-19-10-4-5-11-20(19)26/h4-7,10-13,18H,8-9,14-17H2,1-3H3,(H,27,31). The van der Waals surface area contributed by atoms with Gasteiger partial charge in [-0.25, -0.2) is 14.2 Å². The van der Waals surface area contributed by atoms with Gasteiger partial charge in [-0.15, -0.1) is 0 Å². The quantitative estimate of drug-likeness (QED) is 0.611. The van der Waals surface area contributed by atoms with Crippen LogP contribution < -0.4 is 10.2 Å². The highest BCUT2D eigenvalue weighted by Crippen LogP contribution is 2.28. The van der Waals surface area contributed by atoms with Gasteiger partial charge in [-0.1, -0.05) is 30.3 Å². The van der Waals surface area contributed by atoms with Gasteiger partial charge in [0.2, 0.25) is 5.95 Å². The van der Waals surface area contributed by atoms with Crippen molar-refractivity contribution in [2.24, 2.45) is 5.92 Å². The summed E-state index contributed by atoms with van der Waals surface area (Å²) in [6.45, 7) is 8.19. The topological polar surface area (TPSA) is 59.4 Å². The van der Waals surface area contributed by atoms with E-state index in [-0.39, 0.29) is 17.8 Å². The van der Waals surface area contributed by atoms with E-state index >= 15 is 0 Å². The number of hydrogen-bond acceptors (Lipinski definition) is 4. The van der Waals surface area contributed by atoms with Crippen LogP contribution in [0.15, 0.2) is 48.5 Å². The molecule has 0 aliphatic carbocycles. The van der Waals surface area contributed by atoms with Crippen LogP contribution in [0.4, 0.5) is 15.1 Å². The summed E-state index contributed by atoms with van der Waals surface area (Å²) in [6.07, 6.45) is 1.64. The average Bonchev–Trinajstić information content (AvgIpc) is 3.11. The number of nitrogens with one attached hydrogen (secondary N) is 1. The summed E-state index contributed by atoms with van der Waals surface area (Å²) in [7, 11) is 0. The first-order chi connectivity index (χ1) is 15.3. The number of carbonyl (C=O) groups is 1. The second-order valence-corrected chi connectivity index (χ2v) is 9.42. The Bertz CT molecular complexity index is 1090. The Hall–Kier alpha value is -3.09. The molecule has 1 aliphatic heterocycles. The molecule has 0 bridgehead atoms. The molecule has 1 amide bonds. The van der Waals surface area contributed by atoms with Gasteiger partial charge in [-0.2, -0.15) is 0 Å². The smallest absolute Gasteiger partial charge is 0.407 e. The van der Waals surface area contributed by atoms with Crippen LogP contribution >= 0.6 is 0 Å². The van der Waals surface area contributed by atoms with E-state index in [1.165, 1.54) is 6.07 Å². The number of imidazole rings is 1. The molecule has 1 saturated heterocycles. The maximum atomic E-state index is 14.4. The van der Waals surface area contributed by atoms with Gasteiger partial charge >= 0.3 is 6.09 Å². The minimum Gasteiger partial charge on any atom is -0.444 e. The molecule has 1 fully saturated rings. The molecule has 4 rings (SSSR count). The Balaban J connectivity index is 1.53. The third kappa shape index (κ3) is 5.21. The van der Waals surface area contributed by atoms with Gasteiger partial charge in [-0.3, -0.25) is 0 Å². The number of benzene rings is 2. The molecule has 2 heterocycles. The van der Waals surface area contributed by atoms with E-state index in [0.29, 0.717) is 18.7 Å². The Kier molecular flexibility index (Phi) is 6.35. The SMILES string of the molecule is CC(C)(C)OC(=O)NCC1CCCN(c2nc3ccccc3n2Cc2ccccc2F)C1. The fraction of sp³-hybridized carbons (Fsp3) is 0.440. The predicted octanol–water partition coefficient (Wildman–Crippen LogP) is 4.96. The maximum absolute atomic E-state index is 14.4. The lowest BCUT2D eigenvalue weighted by molar-refractivity contribution is 0.0517. The first-order valence-corrected chi connectivity index (χ1v) is 11.2. The number of amides is 1. The van der Waals surface area contributed by atoms with Crippen LogP contribution in [0.3, 0.4) is 0 Å². The lowest BCUT2D eigenvalue weighted by atomic mass is 9.98. The van der Waals surface area contributed by atoms with E-state index in [2.05, 4.69) is 14.8 Å². The van der Waals surface area contributed by atoms with Crippen molar-refractivity contribution in [1.82, 2.24) is 14.9 Å². The van der Waals surface area contributed by atoms with Crippen molar-refractivity contribution >= 4 is 23.1 Å². The zero-order valence-electron chi connectivity index (χ0n) is 19.0. The second-order valence-electron chi connectivity index (χ2n) is 9.42. The van der Waals surface area contributed by atoms with E-state index in [1.807, 2.05) is 57.2 Å². The highest BCUT2D eigenvalue weighted by atomic mass is 19.1. The van der Waals surface area contributed by atoms with Crippen molar-refractivity contribution in [2.75, 3.05) is 24.5 Å².